The highest BCUT2D eigenvalue weighted by atomic mass is 15.0. The molecule has 3 nitrogen and oxygen atoms in total. The minimum atomic E-state index is 0.312. The van der Waals surface area contributed by atoms with Crippen LogP contribution in [-0.2, 0) is 0 Å². The van der Waals surface area contributed by atoms with E-state index in [1.165, 1.54) is 19.3 Å². The third-order valence-electron chi connectivity index (χ3n) is 2.92. The quantitative estimate of drug-likeness (QED) is 0.770. The van der Waals surface area contributed by atoms with Gasteiger partial charge in [-0.3, -0.25) is 0 Å². The van der Waals surface area contributed by atoms with Gasteiger partial charge in [0.1, 0.15) is 5.82 Å². The summed E-state index contributed by atoms with van der Waals surface area (Å²) >= 11 is 0. The Kier molecular flexibility index (Phi) is 2.32. The van der Waals surface area contributed by atoms with Gasteiger partial charge in [-0.05, 0) is 32.3 Å². The highest BCUT2D eigenvalue weighted by Crippen LogP contribution is 2.34. The van der Waals surface area contributed by atoms with Crippen molar-refractivity contribution in [2.45, 2.75) is 31.7 Å². The average Bonchev–Trinajstić information content (AvgIpc) is 2.16. The van der Waals surface area contributed by atoms with Crippen molar-refractivity contribution >= 4 is 11.5 Å². The van der Waals surface area contributed by atoms with Crippen LogP contribution in [0.3, 0.4) is 0 Å². The SMILES string of the molecule is CNc1cc(NC2(C)CCC2)ccn1. The van der Waals surface area contributed by atoms with Gasteiger partial charge in [0.15, 0.2) is 0 Å². The predicted octanol–water partition coefficient (Wildman–Crippen LogP) is 2.48. The maximum atomic E-state index is 4.18. The molecule has 0 atom stereocenters. The van der Waals surface area contributed by atoms with Gasteiger partial charge in [0.2, 0.25) is 0 Å². The number of hydrogen-bond donors (Lipinski definition) is 2. The van der Waals surface area contributed by atoms with Gasteiger partial charge >= 0.3 is 0 Å². The molecule has 0 aromatic carbocycles. The maximum absolute atomic E-state index is 4.18. The van der Waals surface area contributed by atoms with Gasteiger partial charge in [0.05, 0.1) is 0 Å². The monoisotopic (exact) mass is 191 g/mol. The van der Waals surface area contributed by atoms with E-state index in [1.54, 1.807) is 0 Å². The summed E-state index contributed by atoms with van der Waals surface area (Å²) in [7, 11) is 1.89. The molecule has 76 valence electrons. The zero-order valence-corrected chi connectivity index (χ0v) is 8.80. The molecule has 0 bridgehead atoms. The second-order valence-electron chi connectivity index (χ2n) is 4.22. The van der Waals surface area contributed by atoms with Crippen molar-refractivity contribution in [2.24, 2.45) is 0 Å². The fourth-order valence-corrected chi connectivity index (χ4v) is 1.83. The molecule has 0 aliphatic heterocycles. The van der Waals surface area contributed by atoms with Gasteiger partial charge in [-0.25, -0.2) is 4.98 Å². The Morgan fingerprint density at radius 3 is 2.79 bits per heavy atom. The van der Waals surface area contributed by atoms with Crippen LogP contribution in [0, 0.1) is 0 Å². The third-order valence-corrected chi connectivity index (χ3v) is 2.92. The Bertz CT molecular complexity index is 318. The fraction of sp³-hybridized carbons (Fsp3) is 0.545. The first-order chi connectivity index (χ1) is 6.72. The molecule has 2 N–H and O–H groups in total. The first kappa shape index (κ1) is 9.31. The number of aromatic nitrogens is 1. The molecular weight excluding hydrogens is 174 g/mol. The molecule has 1 aliphatic carbocycles. The summed E-state index contributed by atoms with van der Waals surface area (Å²) in [6, 6.07) is 4.06. The van der Waals surface area contributed by atoms with Crippen LogP contribution in [0.2, 0.25) is 0 Å². The number of nitrogens with one attached hydrogen (secondary N) is 2. The lowest BCUT2D eigenvalue weighted by atomic mass is 9.78. The van der Waals surface area contributed by atoms with Crippen molar-refractivity contribution in [2.75, 3.05) is 17.7 Å². The second-order valence-corrected chi connectivity index (χ2v) is 4.22. The van der Waals surface area contributed by atoms with E-state index in [9.17, 15) is 0 Å². The summed E-state index contributed by atoms with van der Waals surface area (Å²) in [5.41, 5.74) is 1.47. The molecule has 0 amide bonds. The molecule has 1 fully saturated rings. The van der Waals surface area contributed by atoms with Gasteiger partial charge < -0.3 is 10.6 Å². The molecule has 14 heavy (non-hydrogen) atoms. The molecule has 1 aliphatic rings. The van der Waals surface area contributed by atoms with Crippen molar-refractivity contribution in [3.63, 3.8) is 0 Å². The summed E-state index contributed by atoms with van der Waals surface area (Å²) in [5.74, 6) is 0.915. The lowest BCUT2D eigenvalue weighted by molar-refractivity contribution is 0.306. The molecule has 0 saturated heterocycles. The molecule has 2 rings (SSSR count). The van der Waals surface area contributed by atoms with Crippen LogP contribution in [0.15, 0.2) is 18.3 Å². The predicted molar refractivity (Wildman–Crippen MR) is 59.7 cm³/mol. The molecule has 1 aromatic rings. The molecular formula is C11H17N3. The molecule has 0 spiro atoms. The fourth-order valence-electron chi connectivity index (χ4n) is 1.83. The zero-order chi connectivity index (χ0) is 10.0. The van der Waals surface area contributed by atoms with Gasteiger partial charge in [0.25, 0.3) is 0 Å². The van der Waals surface area contributed by atoms with E-state index < -0.39 is 0 Å². The second kappa shape index (κ2) is 3.48. The van der Waals surface area contributed by atoms with E-state index >= 15 is 0 Å². The van der Waals surface area contributed by atoms with Crippen LogP contribution in [0.4, 0.5) is 11.5 Å². The summed E-state index contributed by atoms with van der Waals surface area (Å²) in [6.07, 6.45) is 5.71. The standard InChI is InChI=1S/C11H17N3/c1-11(5-3-6-11)14-9-4-7-13-10(8-9)12-2/h4,7-8H,3,5-6H2,1-2H3,(H2,12,13,14). The van der Waals surface area contributed by atoms with Crippen LogP contribution in [0.1, 0.15) is 26.2 Å². The third kappa shape index (κ3) is 1.81. The van der Waals surface area contributed by atoms with Crippen molar-refractivity contribution in [3.8, 4) is 0 Å². The lowest BCUT2D eigenvalue weighted by Crippen LogP contribution is -2.41. The van der Waals surface area contributed by atoms with E-state index in [4.69, 9.17) is 0 Å². The average molecular weight is 191 g/mol. The van der Waals surface area contributed by atoms with E-state index in [-0.39, 0.29) is 0 Å². The topological polar surface area (TPSA) is 37.0 Å². The van der Waals surface area contributed by atoms with E-state index in [2.05, 4.69) is 22.5 Å². The zero-order valence-electron chi connectivity index (χ0n) is 8.80. The number of nitrogens with zero attached hydrogens (tertiary/aromatic N) is 1. The summed E-state index contributed by atoms with van der Waals surface area (Å²) in [4.78, 5) is 4.18. The maximum Gasteiger partial charge on any atom is 0.127 e. The van der Waals surface area contributed by atoms with Gasteiger partial charge in [-0.15, -0.1) is 0 Å². The first-order valence-electron chi connectivity index (χ1n) is 5.14. The molecule has 0 unspecified atom stereocenters. The molecule has 1 saturated carbocycles. The van der Waals surface area contributed by atoms with Gasteiger partial charge in [-0.1, -0.05) is 0 Å². The number of anilines is 2. The first-order valence-corrected chi connectivity index (χ1v) is 5.14. The Morgan fingerprint density at radius 1 is 1.43 bits per heavy atom. The number of pyridine rings is 1. The van der Waals surface area contributed by atoms with Crippen LogP contribution in [0.5, 0.6) is 0 Å². The Balaban J connectivity index is 2.08. The van der Waals surface area contributed by atoms with Gasteiger partial charge in [0, 0.05) is 30.5 Å². The minimum absolute atomic E-state index is 0.312. The highest BCUT2D eigenvalue weighted by molar-refractivity contribution is 5.53. The Morgan fingerprint density at radius 2 is 2.21 bits per heavy atom. The summed E-state index contributed by atoms with van der Waals surface area (Å²) in [5, 5.41) is 6.59. The van der Waals surface area contributed by atoms with Crippen molar-refractivity contribution in [1.82, 2.24) is 4.98 Å². The number of hydrogen-bond acceptors (Lipinski definition) is 3. The lowest BCUT2D eigenvalue weighted by Gasteiger charge is -2.40. The Hall–Kier alpha value is -1.25. The normalized spacial score (nSPS) is 18.4. The van der Waals surface area contributed by atoms with Crippen molar-refractivity contribution in [3.05, 3.63) is 18.3 Å². The molecule has 0 radical (unpaired) electrons. The van der Waals surface area contributed by atoms with Gasteiger partial charge in [-0.2, -0.15) is 0 Å². The number of rotatable bonds is 3. The highest BCUT2D eigenvalue weighted by Gasteiger charge is 2.31. The summed E-state index contributed by atoms with van der Waals surface area (Å²) < 4.78 is 0. The van der Waals surface area contributed by atoms with E-state index in [0.717, 1.165) is 11.5 Å². The molecule has 1 heterocycles. The van der Waals surface area contributed by atoms with Crippen LogP contribution < -0.4 is 10.6 Å². The minimum Gasteiger partial charge on any atom is -0.380 e. The molecule has 1 aromatic heterocycles. The largest absolute Gasteiger partial charge is 0.380 e. The van der Waals surface area contributed by atoms with E-state index in [1.807, 2.05) is 25.4 Å². The van der Waals surface area contributed by atoms with E-state index in [0.29, 0.717) is 5.54 Å². The Labute approximate surface area is 84.9 Å². The molecule has 3 heteroatoms. The van der Waals surface area contributed by atoms with Crippen LogP contribution in [-0.4, -0.2) is 17.6 Å². The van der Waals surface area contributed by atoms with Crippen molar-refractivity contribution in [1.29, 1.82) is 0 Å². The van der Waals surface area contributed by atoms with Crippen LogP contribution in [0.25, 0.3) is 0 Å². The smallest absolute Gasteiger partial charge is 0.127 e. The van der Waals surface area contributed by atoms with Crippen molar-refractivity contribution < 1.29 is 0 Å². The summed E-state index contributed by atoms with van der Waals surface area (Å²) in [6.45, 7) is 2.27. The van der Waals surface area contributed by atoms with Crippen LogP contribution >= 0.6 is 0 Å².